The minimum Gasteiger partial charge on any atom is -0.479 e. The van der Waals surface area contributed by atoms with Crippen LogP contribution >= 0.6 is 0 Å². The summed E-state index contributed by atoms with van der Waals surface area (Å²) in [6.45, 7) is 5.13. The van der Waals surface area contributed by atoms with E-state index >= 15 is 0 Å². The van der Waals surface area contributed by atoms with Crippen LogP contribution in [-0.2, 0) is 23.5 Å². The van der Waals surface area contributed by atoms with Crippen LogP contribution in [0, 0.1) is 13.8 Å². The van der Waals surface area contributed by atoms with E-state index in [1.165, 1.54) is 17.6 Å². The number of nitrogens with zero attached hydrogens (tertiary/aromatic N) is 2. The number of aliphatic hydroxyl groups excluding tert-OH is 1. The number of carbonyl (C=O) groups is 1. The summed E-state index contributed by atoms with van der Waals surface area (Å²) in [6.07, 6.45) is -0.144. The van der Waals surface area contributed by atoms with E-state index in [9.17, 15) is 24.9 Å². The first-order valence-corrected chi connectivity index (χ1v) is 9.47. The monoisotopic (exact) mass is 394 g/mol. The van der Waals surface area contributed by atoms with Gasteiger partial charge in [0.1, 0.15) is 0 Å². The van der Waals surface area contributed by atoms with Crippen molar-refractivity contribution in [2.75, 3.05) is 0 Å². The molecule has 0 saturated heterocycles. The molecule has 7 nitrogen and oxygen atoms in total. The number of fused-ring (bicyclic) bond motifs is 4. The van der Waals surface area contributed by atoms with E-state index in [1.807, 2.05) is 26.0 Å². The lowest BCUT2D eigenvalue weighted by atomic mass is 9.87. The Morgan fingerprint density at radius 1 is 1.28 bits per heavy atom. The molecule has 0 saturated carbocycles. The third-order valence-electron chi connectivity index (χ3n) is 5.96. The Morgan fingerprint density at radius 3 is 2.62 bits per heavy atom. The van der Waals surface area contributed by atoms with E-state index < -0.39 is 23.7 Å². The number of aliphatic hydroxyl groups is 2. The summed E-state index contributed by atoms with van der Waals surface area (Å²) < 4.78 is 1.49. The van der Waals surface area contributed by atoms with Crippen molar-refractivity contribution in [2.24, 2.45) is 0 Å². The molecule has 3 aromatic rings. The second kappa shape index (κ2) is 6.50. The zero-order chi connectivity index (χ0) is 21.1. The van der Waals surface area contributed by atoms with Crippen molar-refractivity contribution in [3.63, 3.8) is 0 Å². The van der Waals surface area contributed by atoms with Gasteiger partial charge < -0.3 is 19.9 Å². The average Bonchev–Trinajstić information content (AvgIpc) is 3.07. The van der Waals surface area contributed by atoms with Crippen LogP contribution in [-0.4, -0.2) is 30.8 Å². The zero-order valence-electron chi connectivity index (χ0n) is 16.5. The Kier molecular flexibility index (Phi) is 4.33. The molecular weight excluding hydrogens is 372 g/mol. The smallest absolute Gasteiger partial charge is 0.340 e. The summed E-state index contributed by atoms with van der Waals surface area (Å²) in [5.74, 6) is -1.46. The molecule has 1 atom stereocenters. The van der Waals surface area contributed by atoms with Crippen LogP contribution in [0.25, 0.3) is 22.3 Å². The lowest BCUT2D eigenvalue weighted by Crippen LogP contribution is -2.39. The molecule has 0 bridgehead atoms. The summed E-state index contributed by atoms with van der Waals surface area (Å²) >= 11 is 0. The van der Waals surface area contributed by atoms with Crippen molar-refractivity contribution >= 4 is 16.9 Å². The Morgan fingerprint density at radius 2 is 2.00 bits per heavy atom. The molecule has 2 aromatic heterocycles. The number of hydrogen-bond acceptors (Lipinski definition) is 5. The summed E-state index contributed by atoms with van der Waals surface area (Å²) in [6, 6.07) is 7.42. The van der Waals surface area contributed by atoms with Gasteiger partial charge in [0.25, 0.3) is 5.56 Å². The first-order chi connectivity index (χ1) is 13.7. The zero-order valence-corrected chi connectivity index (χ0v) is 16.5. The van der Waals surface area contributed by atoms with E-state index in [4.69, 9.17) is 4.98 Å². The molecule has 1 aliphatic heterocycles. The first-order valence-electron chi connectivity index (χ1n) is 9.47. The SMILES string of the molecule is CCC(O)(C(=O)O)c1cc2n(c(=O)c1CO)Cc1c-2nc2ccc(C)cc2c1C. The fourth-order valence-corrected chi connectivity index (χ4v) is 4.16. The van der Waals surface area contributed by atoms with Crippen LogP contribution < -0.4 is 5.56 Å². The van der Waals surface area contributed by atoms with E-state index in [0.29, 0.717) is 11.4 Å². The van der Waals surface area contributed by atoms with Gasteiger partial charge in [-0.25, -0.2) is 9.78 Å². The van der Waals surface area contributed by atoms with E-state index in [1.54, 1.807) is 0 Å². The number of carboxylic acid groups (broad SMARTS) is 1. The van der Waals surface area contributed by atoms with Gasteiger partial charge in [-0.2, -0.15) is 0 Å². The quantitative estimate of drug-likeness (QED) is 0.489. The molecule has 0 amide bonds. The maximum atomic E-state index is 13.1. The lowest BCUT2D eigenvalue weighted by Gasteiger charge is -2.25. The molecular formula is C22H22N2O5. The molecule has 3 heterocycles. The van der Waals surface area contributed by atoms with Crippen molar-refractivity contribution < 1.29 is 20.1 Å². The van der Waals surface area contributed by atoms with Crippen molar-refractivity contribution in [2.45, 2.75) is 45.9 Å². The van der Waals surface area contributed by atoms with Gasteiger partial charge >= 0.3 is 5.97 Å². The second-order valence-corrected chi connectivity index (χ2v) is 7.57. The Hall–Kier alpha value is -3.03. The molecule has 0 spiro atoms. The largest absolute Gasteiger partial charge is 0.479 e. The number of carboxylic acids is 1. The maximum absolute atomic E-state index is 13.1. The van der Waals surface area contributed by atoms with Crippen LogP contribution in [0.5, 0.6) is 0 Å². The van der Waals surface area contributed by atoms with Gasteiger partial charge in [0, 0.05) is 22.1 Å². The van der Waals surface area contributed by atoms with Crippen molar-refractivity contribution in [3.8, 4) is 11.4 Å². The number of aliphatic carboxylic acids is 1. The Bertz CT molecular complexity index is 1240. The van der Waals surface area contributed by atoms with Crippen LogP contribution in [0.2, 0.25) is 0 Å². The van der Waals surface area contributed by atoms with Gasteiger partial charge in [0.15, 0.2) is 5.60 Å². The van der Waals surface area contributed by atoms with E-state index in [-0.39, 0.29) is 24.1 Å². The molecule has 0 radical (unpaired) electrons. The topological polar surface area (TPSA) is 113 Å². The van der Waals surface area contributed by atoms with Gasteiger partial charge in [-0.15, -0.1) is 0 Å². The van der Waals surface area contributed by atoms with Gasteiger partial charge in [-0.1, -0.05) is 18.6 Å². The average molecular weight is 394 g/mol. The third kappa shape index (κ3) is 2.62. The minimum absolute atomic E-state index is 0.0810. The van der Waals surface area contributed by atoms with Gasteiger partial charge in [-0.3, -0.25) is 4.79 Å². The van der Waals surface area contributed by atoms with Gasteiger partial charge in [0.05, 0.1) is 30.1 Å². The number of hydrogen-bond donors (Lipinski definition) is 3. The highest BCUT2D eigenvalue weighted by atomic mass is 16.4. The molecule has 1 aliphatic rings. The minimum atomic E-state index is -2.27. The highest BCUT2D eigenvalue weighted by Crippen LogP contribution is 2.38. The van der Waals surface area contributed by atoms with Crippen LogP contribution in [0.1, 0.15) is 41.2 Å². The van der Waals surface area contributed by atoms with E-state index in [0.717, 1.165) is 27.6 Å². The number of benzene rings is 1. The highest BCUT2D eigenvalue weighted by Gasteiger charge is 2.40. The normalized spacial score (nSPS) is 14.5. The van der Waals surface area contributed by atoms with Gasteiger partial charge in [-0.05, 0) is 44.0 Å². The Labute approximate surface area is 166 Å². The highest BCUT2D eigenvalue weighted by molar-refractivity contribution is 5.88. The summed E-state index contributed by atoms with van der Waals surface area (Å²) in [7, 11) is 0. The third-order valence-corrected chi connectivity index (χ3v) is 5.96. The molecule has 1 aromatic carbocycles. The molecule has 29 heavy (non-hydrogen) atoms. The fraction of sp³-hybridized carbons (Fsp3) is 0.318. The fourth-order valence-electron chi connectivity index (χ4n) is 4.16. The van der Waals surface area contributed by atoms with Gasteiger partial charge in [0.2, 0.25) is 0 Å². The Balaban J connectivity index is 2.06. The molecule has 3 N–H and O–H groups in total. The van der Waals surface area contributed by atoms with Crippen LogP contribution in [0.15, 0.2) is 29.1 Å². The molecule has 4 rings (SSSR count). The predicted molar refractivity (Wildman–Crippen MR) is 108 cm³/mol. The number of rotatable bonds is 4. The maximum Gasteiger partial charge on any atom is 0.340 e. The number of aryl methyl sites for hydroxylation is 2. The number of pyridine rings is 2. The summed E-state index contributed by atoms with van der Waals surface area (Å²) in [4.78, 5) is 29.6. The van der Waals surface area contributed by atoms with Crippen LogP contribution in [0.3, 0.4) is 0 Å². The summed E-state index contributed by atoms with van der Waals surface area (Å²) in [5, 5.41) is 31.2. The number of aromatic nitrogens is 2. The van der Waals surface area contributed by atoms with E-state index in [2.05, 4.69) is 6.07 Å². The predicted octanol–water partition coefficient (Wildman–Crippen LogP) is 2.22. The summed E-state index contributed by atoms with van der Waals surface area (Å²) in [5.41, 5.74) is 1.88. The molecule has 0 aliphatic carbocycles. The molecule has 1 unspecified atom stereocenters. The second-order valence-electron chi connectivity index (χ2n) is 7.57. The molecule has 150 valence electrons. The molecule has 7 heteroatoms. The van der Waals surface area contributed by atoms with Crippen molar-refractivity contribution in [1.29, 1.82) is 0 Å². The first kappa shape index (κ1) is 19.3. The van der Waals surface area contributed by atoms with Crippen LogP contribution in [0.4, 0.5) is 0 Å². The van der Waals surface area contributed by atoms with Crippen molar-refractivity contribution in [1.82, 2.24) is 9.55 Å². The lowest BCUT2D eigenvalue weighted by molar-refractivity contribution is -0.160. The molecule has 0 fully saturated rings. The van der Waals surface area contributed by atoms with Crippen molar-refractivity contribution in [3.05, 3.63) is 62.4 Å². The standard InChI is InChI=1S/C22H22N2O5/c1-4-22(29,21(27)28)16-8-18-19-14(9-24(18)20(26)15(16)10-25)12(3)13-7-11(2)5-6-17(13)23-19/h5-8,25,29H,4,9-10H2,1-3H3,(H,27,28).